The highest BCUT2D eigenvalue weighted by atomic mass is 16.4. The number of Topliss-reactive ketones (excluding diaryl/α,β-unsaturated/α-hetero) is 2. The topological polar surface area (TPSA) is 135 Å². The fourth-order valence-electron chi connectivity index (χ4n) is 0.280. The Morgan fingerprint density at radius 1 is 1.20 bits per heavy atom. The first-order valence-corrected chi connectivity index (χ1v) is 4.02. The second-order valence-electron chi connectivity index (χ2n) is 2.54. The lowest BCUT2D eigenvalue weighted by atomic mass is 10.2. The Labute approximate surface area is 85.9 Å². The monoisotopic (exact) mass is 219 g/mol. The minimum Gasteiger partial charge on any atom is -0.480 e. The summed E-state index contributed by atoms with van der Waals surface area (Å²) in [6.45, 7) is 2.85. The van der Waals surface area contributed by atoms with Gasteiger partial charge < -0.3 is 15.9 Å². The third-order valence-electron chi connectivity index (χ3n) is 1.16. The Balaban J connectivity index is 0. The lowest BCUT2D eigenvalue weighted by Crippen LogP contribution is -2.25. The van der Waals surface area contributed by atoms with Crippen LogP contribution in [0.4, 0.5) is 0 Å². The van der Waals surface area contributed by atoms with E-state index in [1.54, 1.807) is 0 Å². The van der Waals surface area contributed by atoms with Crippen LogP contribution in [0, 0.1) is 0 Å². The van der Waals surface area contributed by atoms with Crippen molar-refractivity contribution in [2.45, 2.75) is 26.3 Å². The van der Waals surface area contributed by atoms with Crippen molar-refractivity contribution in [1.29, 1.82) is 0 Å². The molecular weight excluding hydrogens is 206 g/mol. The number of ketones is 2. The van der Waals surface area contributed by atoms with Crippen molar-refractivity contribution in [2.24, 2.45) is 5.73 Å². The summed E-state index contributed by atoms with van der Waals surface area (Å²) >= 11 is 0. The van der Waals surface area contributed by atoms with E-state index in [2.05, 4.69) is 0 Å². The molecule has 7 heteroatoms. The van der Waals surface area contributed by atoms with Crippen LogP contribution < -0.4 is 5.73 Å². The first kappa shape index (κ1) is 15.7. The summed E-state index contributed by atoms with van der Waals surface area (Å²) in [7, 11) is 0. The van der Waals surface area contributed by atoms with Crippen LogP contribution in [0.1, 0.15) is 20.3 Å². The standard InChI is InChI=1S/C5H6O4.C3H7NO2/c1-2-3(6)4(7)5(8)9;1-2(4)3(5)6/h2H2,1H3,(H,8,9);2H,4H2,1H3,(H,5,6). The van der Waals surface area contributed by atoms with Gasteiger partial charge in [0.25, 0.3) is 0 Å². The van der Waals surface area contributed by atoms with E-state index in [0.29, 0.717) is 0 Å². The fraction of sp³-hybridized carbons (Fsp3) is 0.500. The van der Waals surface area contributed by atoms with E-state index in [4.69, 9.17) is 15.9 Å². The average molecular weight is 219 g/mol. The third-order valence-corrected chi connectivity index (χ3v) is 1.16. The van der Waals surface area contributed by atoms with E-state index in [1.807, 2.05) is 0 Å². The molecule has 1 atom stereocenters. The van der Waals surface area contributed by atoms with Crippen LogP contribution in [0.2, 0.25) is 0 Å². The molecule has 4 N–H and O–H groups in total. The van der Waals surface area contributed by atoms with Gasteiger partial charge in [0.1, 0.15) is 6.04 Å². The molecule has 0 amide bonds. The largest absolute Gasteiger partial charge is 0.480 e. The van der Waals surface area contributed by atoms with E-state index in [-0.39, 0.29) is 6.42 Å². The van der Waals surface area contributed by atoms with Gasteiger partial charge in [-0.3, -0.25) is 14.4 Å². The first-order valence-electron chi connectivity index (χ1n) is 4.02. The summed E-state index contributed by atoms with van der Waals surface area (Å²) in [5, 5.41) is 15.8. The SMILES string of the molecule is CC(N)C(=O)O.CCC(=O)C(=O)C(=O)O. The highest BCUT2D eigenvalue weighted by Gasteiger charge is 2.18. The van der Waals surface area contributed by atoms with Crippen LogP contribution in [0.3, 0.4) is 0 Å². The number of nitrogens with two attached hydrogens (primary N) is 1. The molecule has 0 spiro atoms. The Morgan fingerprint density at radius 2 is 1.53 bits per heavy atom. The van der Waals surface area contributed by atoms with Crippen LogP contribution in [0.15, 0.2) is 0 Å². The van der Waals surface area contributed by atoms with Gasteiger partial charge in [0, 0.05) is 6.42 Å². The van der Waals surface area contributed by atoms with Crippen LogP contribution in [-0.2, 0) is 19.2 Å². The minimum atomic E-state index is -1.68. The Hall–Kier alpha value is -1.76. The number of carbonyl (C=O) groups excluding carboxylic acids is 2. The molecule has 7 nitrogen and oxygen atoms in total. The van der Waals surface area contributed by atoms with Gasteiger partial charge >= 0.3 is 17.7 Å². The molecular formula is C8H13NO6. The molecule has 0 radical (unpaired) electrons. The Morgan fingerprint density at radius 3 is 1.60 bits per heavy atom. The highest BCUT2D eigenvalue weighted by Crippen LogP contribution is 1.82. The van der Waals surface area contributed by atoms with E-state index in [1.165, 1.54) is 13.8 Å². The van der Waals surface area contributed by atoms with Gasteiger partial charge in [-0.2, -0.15) is 0 Å². The fourth-order valence-corrected chi connectivity index (χ4v) is 0.280. The molecule has 0 saturated carbocycles. The molecule has 1 unspecified atom stereocenters. The van der Waals surface area contributed by atoms with Gasteiger partial charge in [0.2, 0.25) is 5.78 Å². The zero-order valence-electron chi connectivity index (χ0n) is 8.39. The van der Waals surface area contributed by atoms with Crippen molar-refractivity contribution in [2.75, 3.05) is 0 Å². The lowest BCUT2D eigenvalue weighted by Gasteiger charge is -1.90. The van der Waals surface area contributed by atoms with Crippen molar-refractivity contribution >= 4 is 23.5 Å². The van der Waals surface area contributed by atoms with E-state index < -0.39 is 29.5 Å². The predicted molar refractivity (Wildman–Crippen MR) is 49.2 cm³/mol. The van der Waals surface area contributed by atoms with E-state index >= 15 is 0 Å². The minimum absolute atomic E-state index is 0.0505. The van der Waals surface area contributed by atoms with Gasteiger partial charge in [-0.15, -0.1) is 0 Å². The average Bonchev–Trinajstić information content (AvgIpc) is 2.16. The molecule has 0 bridgehead atoms. The van der Waals surface area contributed by atoms with Gasteiger partial charge in [0.05, 0.1) is 0 Å². The van der Waals surface area contributed by atoms with Gasteiger partial charge in [0.15, 0.2) is 0 Å². The lowest BCUT2D eigenvalue weighted by molar-refractivity contribution is -0.152. The van der Waals surface area contributed by atoms with Crippen molar-refractivity contribution in [3.05, 3.63) is 0 Å². The van der Waals surface area contributed by atoms with Crippen molar-refractivity contribution in [1.82, 2.24) is 0 Å². The molecule has 0 aliphatic rings. The molecule has 0 fully saturated rings. The van der Waals surface area contributed by atoms with Crippen molar-refractivity contribution < 1.29 is 29.4 Å². The summed E-state index contributed by atoms with van der Waals surface area (Å²) in [4.78, 5) is 39.7. The molecule has 0 aromatic rings. The molecule has 86 valence electrons. The summed E-state index contributed by atoms with van der Waals surface area (Å²) < 4.78 is 0. The Bertz CT molecular complexity index is 270. The molecule has 0 aliphatic carbocycles. The number of carboxylic acids is 2. The van der Waals surface area contributed by atoms with Crippen molar-refractivity contribution in [3.63, 3.8) is 0 Å². The molecule has 0 aliphatic heterocycles. The maximum atomic E-state index is 10.2. The number of carboxylic acid groups (broad SMARTS) is 2. The van der Waals surface area contributed by atoms with Crippen LogP contribution in [0.25, 0.3) is 0 Å². The quantitative estimate of drug-likeness (QED) is 0.409. The molecule has 0 saturated heterocycles. The summed E-state index contributed by atoms with van der Waals surface area (Å²) in [5.41, 5.74) is 4.84. The maximum absolute atomic E-state index is 10.2. The maximum Gasteiger partial charge on any atom is 0.380 e. The highest BCUT2D eigenvalue weighted by molar-refractivity contribution is 6.61. The van der Waals surface area contributed by atoms with Crippen LogP contribution in [-0.4, -0.2) is 39.8 Å². The van der Waals surface area contributed by atoms with Crippen LogP contribution >= 0.6 is 0 Å². The smallest absolute Gasteiger partial charge is 0.380 e. The summed E-state index contributed by atoms with van der Waals surface area (Å²) in [5.74, 6) is -4.84. The molecule has 15 heavy (non-hydrogen) atoms. The molecule has 0 aromatic heterocycles. The molecule has 0 aromatic carbocycles. The number of carbonyl (C=O) groups is 4. The number of hydrogen-bond donors (Lipinski definition) is 3. The van der Waals surface area contributed by atoms with Crippen LogP contribution in [0.5, 0.6) is 0 Å². The number of aliphatic carboxylic acids is 2. The van der Waals surface area contributed by atoms with Crippen molar-refractivity contribution in [3.8, 4) is 0 Å². The van der Waals surface area contributed by atoms with Gasteiger partial charge in [-0.25, -0.2) is 4.79 Å². The predicted octanol–water partition coefficient (Wildman–Crippen LogP) is -0.963. The summed E-state index contributed by atoms with van der Waals surface area (Å²) in [6, 6.07) is -0.731. The second kappa shape index (κ2) is 7.63. The summed E-state index contributed by atoms with van der Waals surface area (Å²) in [6.07, 6.45) is -0.0505. The van der Waals surface area contributed by atoms with E-state index in [9.17, 15) is 19.2 Å². The van der Waals surface area contributed by atoms with Gasteiger partial charge in [-0.05, 0) is 6.92 Å². The number of rotatable bonds is 4. The van der Waals surface area contributed by atoms with Gasteiger partial charge in [-0.1, -0.05) is 6.92 Å². The third kappa shape index (κ3) is 8.57. The first-order chi connectivity index (χ1) is 6.73. The zero-order chi connectivity index (χ0) is 12.6. The molecule has 0 rings (SSSR count). The number of hydrogen-bond acceptors (Lipinski definition) is 5. The normalized spacial score (nSPS) is 10.6. The second-order valence-corrected chi connectivity index (χ2v) is 2.54. The zero-order valence-corrected chi connectivity index (χ0v) is 8.39. The van der Waals surface area contributed by atoms with E-state index in [0.717, 1.165) is 0 Å². The Kier molecular flexibility index (Phi) is 7.98. The molecule has 0 heterocycles.